The Balaban J connectivity index is 0.691. The van der Waals surface area contributed by atoms with Gasteiger partial charge >= 0.3 is 0 Å². The maximum absolute atomic E-state index is 14.7. The number of amides is 2. The molecular formula is C55H66F2N12O4. The summed E-state index contributed by atoms with van der Waals surface area (Å²) in [5.41, 5.74) is 5.87. The number of carbonyl (C=O) groups is 2. The van der Waals surface area contributed by atoms with E-state index < -0.39 is 6.43 Å². The molecule has 2 amide bonds. The topological polar surface area (TPSA) is 163 Å². The number of methoxy groups -OCH3 is 1. The van der Waals surface area contributed by atoms with Gasteiger partial charge in [-0.25, -0.2) is 13.5 Å². The Bertz CT molecular complexity index is 2910. The quantitative estimate of drug-likeness (QED) is 0.135. The molecule has 2 saturated heterocycles. The van der Waals surface area contributed by atoms with Crippen molar-refractivity contribution >= 4 is 29.0 Å². The van der Waals surface area contributed by atoms with Crippen LogP contribution >= 0.6 is 0 Å². The zero-order valence-electron chi connectivity index (χ0n) is 42.8. The summed E-state index contributed by atoms with van der Waals surface area (Å²) in [5.74, 6) is 1.80. The first-order valence-electron chi connectivity index (χ1n) is 26.0. The smallest absolute Gasteiger partial charge is 0.266 e. The van der Waals surface area contributed by atoms with Gasteiger partial charge in [0, 0.05) is 121 Å². The minimum Gasteiger partial charge on any atom is -0.495 e. The highest BCUT2D eigenvalue weighted by Crippen LogP contribution is 2.56. The second-order valence-corrected chi connectivity index (χ2v) is 22.7. The summed E-state index contributed by atoms with van der Waals surface area (Å²) < 4.78 is 44.8. The van der Waals surface area contributed by atoms with Crippen LogP contribution in [0.1, 0.15) is 130 Å². The van der Waals surface area contributed by atoms with E-state index in [1.807, 2.05) is 17.0 Å². The monoisotopic (exact) mass is 997 g/mol. The number of halogens is 2. The highest BCUT2D eigenvalue weighted by molar-refractivity contribution is 5.95. The number of aromatic nitrogens is 6. The van der Waals surface area contributed by atoms with E-state index in [1.54, 1.807) is 44.4 Å². The number of likely N-dealkylation sites (tertiary alicyclic amines) is 1. The van der Waals surface area contributed by atoms with Crippen molar-refractivity contribution in [2.24, 2.45) is 16.2 Å². The van der Waals surface area contributed by atoms with Gasteiger partial charge in [0.25, 0.3) is 12.3 Å². The average molecular weight is 997 g/mol. The van der Waals surface area contributed by atoms with E-state index >= 15 is 0 Å². The van der Waals surface area contributed by atoms with Gasteiger partial charge in [0.15, 0.2) is 5.82 Å². The molecule has 11 rings (SSSR count). The normalized spacial score (nSPS) is 22.5. The Hall–Kier alpha value is -6.61. The first kappa shape index (κ1) is 48.6. The molecule has 0 atom stereocenters. The lowest BCUT2D eigenvalue weighted by Crippen LogP contribution is -2.74. The van der Waals surface area contributed by atoms with Crippen LogP contribution in [0.5, 0.6) is 11.5 Å². The van der Waals surface area contributed by atoms with Crippen LogP contribution in [0.4, 0.5) is 26.0 Å². The number of ether oxygens (including phenoxy) is 2. The SMILES string of the molecule is COc1cc(OC2C(C)(C)C(NC(=O)c3ccc(N4CC5(CCC(N6CCC(n7nc(N8CCCc9cc(-n%10cnnn%10)c(C(F)F)cc98)c8c7CCN(C(C)=O)C8)CC6)CC5)C4)cc3)C2(C)C)ccc1C#N. The molecule has 4 aliphatic heterocycles. The van der Waals surface area contributed by atoms with Crippen LogP contribution in [-0.2, 0) is 24.2 Å². The summed E-state index contributed by atoms with van der Waals surface area (Å²) in [6.07, 6.45) is 7.46. The zero-order valence-corrected chi connectivity index (χ0v) is 42.8. The summed E-state index contributed by atoms with van der Waals surface area (Å²) in [6.45, 7) is 15.9. The predicted molar refractivity (Wildman–Crippen MR) is 271 cm³/mol. The molecule has 384 valence electrons. The molecule has 0 radical (unpaired) electrons. The Morgan fingerprint density at radius 3 is 2.29 bits per heavy atom. The third-order valence-corrected chi connectivity index (χ3v) is 17.5. The standard InChI is InChI=1S/C55H66F2N12O4/c1-34(70)65-25-19-44-43(30-65)49(67-22-7-8-36-26-46(68-33-59-62-63-68)42(48(56)57)28-45(36)67)61-69(44)40-17-23-64(24-18-40)39-15-20-55(21-16-39)31-66(32-55)38-12-9-35(10-13-38)50(71)60-51-53(2,3)52(54(51,4)5)73-41-14-11-37(29-58)47(27-41)72-6/h9-14,26-28,33,39-40,48,51-52H,7-8,15-25,30-32H2,1-6H3,(H,60,71). The van der Waals surface area contributed by atoms with E-state index in [1.165, 1.54) is 36.7 Å². The number of piperidine rings is 1. The van der Waals surface area contributed by atoms with Crippen LogP contribution in [0.25, 0.3) is 5.69 Å². The summed E-state index contributed by atoms with van der Waals surface area (Å²) in [5, 5.41) is 29.4. The number of tetrazole rings is 1. The Kier molecular flexibility index (Phi) is 12.5. The van der Waals surface area contributed by atoms with E-state index in [0.29, 0.717) is 60.1 Å². The summed E-state index contributed by atoms with van der Waals surface area (Å²) in [4.78, 5) is 35.6. The van der Waals surface area contributed by atoms with Crippen molar-refractivity contribution in [1.82, 2.24) is 45.1 Å². The highest BCUT2D eigenvalue weighted by atomic mass is 19.3. The summed E-state index contributed by atoms with van der Waals surface area (Å²) >= 11 is 0. The van der Waals surface area contributed by atoms with Crippen LogP contribution < -0.4 is 24.6 Å². The first-order valence-corrected chi connectivity index (χ1v) is 26.0. The van der Waals surface area contributed by atoms with Crippen LogP contribution in [0.15, 0.2) is 60.9 Å². The number of hydrogen-bond donors (Lipinski definition) is 1. The van der Waals surface area contributed by atoms with Gasteiger partial charge in [-0.05, 0) is 116 Å². The number of nitriles is 1. The van der Waals surface area contributed by atoms with Gasteiger partial charge in [-0.2, -0.15) is 10.4 Å². The van der Waals surface area contributed by atoms with Crippen molar-refractivity contribution in [3.63, 3.8) is 0 Å². The van der Waals surface area contributed by atoms with E-state index in [-0.39, 0.29) is 52.1 Å². The number of benzene rings is 3. The number of fused-ring (bicyclic) bond motifs is 2. The van der Waals surface area contributed by atoms with Crippen LogP contribution in [0.2, 0.25) is 0 Å². The summed E-state index contributed by atoms with van der Waals surface area (Å²) in [6, 6.07) is 19.5. The van der Waals surface area contributed by atoms with E-state index in [9.17, 15) is 23.6 Å². The van der Waals surface area contributed by atoms with E-state index in [0.717, 1.165) is 85.9 Å². The number of nitrogens with one attached hydrogen (secondary N) is 1. The number of anilines is 3. The van der Waals surface area contributed by atoms with Gasteiger partial charge in [-0.3, -0.25) is 14.3 Å². The molecule has 4 fully saturated rings. The molecular weight excluding hydrogens is 931 g/mol. The maximum atomic E-state index is 14.7. The van der Waals surface area contributed by atoms with Gasteiger partial charge < -0.3 is 34.4 Å². The molecule has 2 aliphatic carbocycles. The molecule has 6 heterocycles. The van der Waals surface area contributed by atoms with Crippen molar-refractivity contribution in [1.29, 1.82) is 5.26 Å². The number of carbonyl (C=O) groups excluding carboxylic acids is 2. The van der Waals surface area contributed by atoms with Crippen molar-refractivity contribution in [3.05, 3.63) is 94.4 Å². The Labute approximate surface area is 425 Å². The van der Waals surface area contributed by atoms with Crippen molar-refractivity contribution in [2.75, 3.05) is 56.2 Å². The van der Waals surface area contributed by atoms with Gasteiger partial charge in [-0.15, -0.1) is 5.10 Å². The molecule has 16 nitrogen and oxygen atoms in total. The lowest BCUT2D eigenvalue weighted by Gasteiger charge is -2.63. The third kappa shape index (κ3) is 8.64. The number of alkyl halides is 2. The van der Waals surface area contributed by atoms with Crippen molar-refractivity contribution in [2.45, 2.75) is 130 Å². The molecule has 0 unspecified atom stereocenters. The van der Waals surface area contributed by atoms with Crippen molar-refractivity contribution in [3.8, 4) is 23.3 Å². The fourth-order valence-electron chi connectivity index (χ4n) is 13.9. The second kappa shape index (κ2) is 18.7. The zero-order chi connectivity index (χ0) is 51.0. The number of nitrogens with zero attached hydrogens (tertiary/aromatic N) is 11. The van der Waals surface area contributed by atoms with Crippen LogP contribution in [-0.4, -0.2) is 116 Å². The maximum Gasteiger partial charge on any atom is 0.266 e. The number of hydrogen-bond acceptors (Lipinski definition) is 12. The average Bonchev–Trinajstić information content (AvgIpc) is 4.08. The molecule has 3 aromatic carbocycles. The molecule has 73 heavy (non-hydrogen) atoms. The van der Waals surface area contributed by atoms with Gasteiger partial charge in [0.2, 0.25) is 5.91 Å². The molecule has 1 N–H and O–H groups in total. The molecule has 5 aromatic rings. The Morgan fingerprint density at radius 1 is 0.890 bits per heavy atom. The largest absolute Gasteiger partial charge is 0.495 e. The van der Waals surface area contributed by atoms with Gasteiger partial charge in [0.1, 0.15) is 30.0 Å². The molecule has 0 bridgehead atoms. The van der Waals surface area contributed by atoms with Crippen LogP contribution in [0, 0.1) is 27.6 Å². The summed E-state index contributed by atoms with van der Waals surface area (Å²) in [7, 11) is 1.54. The lowest BCUT2D eigenvalue weighted by atomic mass is 9.49. The fraction of sp³-hybridized carbons (Fsp3) is 0.545. The fourth-order valence-corrected chi connectivity index (χ4v) is 13.9. The van der Waals surface area contributed by atoms with Crippen LogP contribution in [0.3, 0.4) is 0 Å². The molecule has 6 aliphatic rings. The highest BCUT2D eigenvalue weighted by Gasteiger charge is 2.64. The molecule has 2 aromatic heterocycles. The van der Waals surface area contributed by atoms with Crippen molar-refractivity contribution < 1.29 is 27.8 Å². The minimum atomic E-state index is -2.73. The third-order valence-electron chi connectivity index (χ3n) is 17.5. The van der Waals surface area contributed by atoms with Gasteiger partial charge in [0.05, 0.1) is 30.9 Å². The molecule has 18 heteroatoms. The number of aryl methyl sites for hydroxylation is 1. The Morgan fingerprint density at radius 2 is 1.63 bits per heavy atom. The second-order valence-electron chi connectivity index (χ2n) is 22.7. The van der Waals surface area contributed by atoms with E-state index in [4.69, 9.17) is 14.6 Å². The predicted octanol–water partition coefficient (Wildman–Crippen LogP) is 8.36. The lowest BCUT2D eigenvalue weighted by molar-refractivity contribution is -0.164. The van der Waals surface area contributed by atoms with Gasteiger partial charge in [-0.1, -0.05) is 27.7 Å². The minimum absolute atomic E-state index is 0.0204. The molecule has 2 saturated carbocycles. The number of rotatable bonds is 11. The van der Waals surface area contributed by atoms with E-state index in [2.05, 4.69) is 86.1 Å². The molecule has 1 spiro atoms. The first-order chi connectivity index (χ1) is 35.1.